The van der Waals surface area contributed by atoms with Gasteiger partial charge in [0.15, 0.2) is 0 Å². The van der Waals surface area contributed by atoms with Gasteiger partial charge in [-0.1, -0.05) is 18.2 Å². The third kappa shape index (κ3) is 3.07. The van der Waals surface area contributed by atoms with Gasteiger partial charge in [-0.3, -0.25) is 4.79 Å². The second kappa shape index (κ2) is 5.66. The fourth-order valence-corrected chi connectivity index (χ4v) is 1.53. The maximum atomic E-state index is 11.2. The molecule has 3 nitrogen and oxygen atoms in total. The summed E-state index contributed by atoms with van der Waals surface area (Å²) in [4.78, 5) is 11.2. The summed E-state index contributed by atoms with van der Waals surface area (Å²) in [5, 5.41) is 3.14. The van der Waals surface area contributed by atoms with Crippen LogP contribution in [0.5, 0.6) is 0 Å². The largest absolute Gasteiger partial charge is 0.468 e. The van der Waals surface area contributed by atoms with Crippen LogP contribution >= 0.6 is 0 Å². The van der Waals surface area contributed by atoms with E-state index in [0.29, 0.717) is 6.54 Å². The zero-order valence-corrected chi connectivity index (χ0v) is 10.3. The molecule has 16 heavy (non-hydrogen) atoms. The van der Waals surface area contributed by atoms with Crippen molar-refractivity contribution in [2.24, 2.45) is 0 Å². The summed E-state index contributed by atoms with van der Waals surface area (Å²) in [5.41, 5.74) is 3.76. The van der Waals surface area contributed by atoms with Gasteiger partial charge in [-0.05, 0) is 37.5 Å². The lowest BCUT2D eigenvalue weighted by Crippen LogP contribution is -2.34. The maximum absolute atomic E-state index is 11.2. The number of carbonyl (C=O) groups excluding carboxylic acids is 1. The lowest BCUT2D eigenvalue weighted by Gasteiger charge is -2.13. The molecule has 0 saturated heterocycles. The first-order valence-electron chi connectivity index (χ1n) is 5.42. The van der Waals surface area contributed by atoms with E-state index >= 15 is 0 Å². The van der Waals surface area contributed by atoms with Crippen LogP contribution in [-0.4, -0.2) is 19.1 Å². The average molecular weight is 221 g/mol. The fourth-order valence-electron chi connectivity index (χ4n) is 1.53. The first-order chi connectivity index (χ1) is 7.56. The topological polar surface area (TPSA) is 38.3 Å². The zero-order valence-electron chi connectivity index (χ0n) is 10.3. The third-order valence-electron chi connectivity index (χ3n) is 2.87. The van der Waals surface area contributed by atoms with Crippen molar-refractivity contribution in [3.8, 4) is 0 Å². The van der Waals surface area contributed by atoms with E-state index in [1.165, 1.54) is 23.8 Å². The Morgan fingerprint density at radius 2 is 2.12 bits per heavy atom. The Balaban J connectivity index is 2.61. The first-order valence-corrected chi connectivity index (χ1v) is 5.42. The fraction of sp³-hybridized carbons (Fsp3) is 0.462. The second-order valence-corrected chi connectivity index (χ2v) is 3.98. The highest BCUT2D eigenvalue weighted by Gasteiger charge is 2.12. The average Bonchev–Trinajstić information content (AvgIpc) is 2.29. The molecule has 1 rings (SSSR count). The van der Waals surface area contributed by atoms with Crippen molar-refractivity contribution >= 4 is 5.97 Å². The highest BCUT2D eigenvalue weighted by molar-refractivity contribution is 5.75. The Hall–Kier alpha value is -1.35. The summed E-state index contributed by atoms with van der Waals surface area (Å²) in [6.45, 7) is 6.67. The van der Waals surface area contributed by atoms with Gasteiger partial charge in [0, 0.05) is 6.54 Å². The molecule has 0 heterocycles. The highest BCUT2D eigenvalue weighted by atomic mass is 16.5. The van der Waals surface area contributed by atoms with E-state index in [0.717, 1.165) is 0 Å². The lowest BCUT2D eigenvalue weighted by atomic mass is 10.0. The summed E-state index contributed by atoms with van der Waals surface area (Å²) >= 11 is 0. The van der Waals surface area contributed by atoms with Gasteiger partial charge in [0.1, 0.15) is 6.04 Å². The molecule has 1 aromatic carbocycles. The van der Waals surface area contributed by atoms with E-state index < -0.39 is 0 Å². The first kappa shape index (κ1) is 12.7. The van der Waals surface area contributed by atoms with Crippen LogP contribution in [0, 0.1) is 13.8 Å². The molecule has 0 amide bonds. The van der Waals surface area contributed by atoms with Crippen LogP contribution in [0.3, 0.4) is 0 Å². The summed E-state index contributed by atoms with van der Waals surface area (Å²) < 4.78 is 4.65. The molecule has 0 aromatic heterocycles. The van der Waals surface area contributed by atoms with Gasteiger partial charge < -0.3 is 10.1 Å². The molecule has 3 heteroatoms. The molecule has 0 radical (unpaired) electrons. The molecule has 1 atom stereocenters. The van der Waals surface area contributed by atoms with Crippen molar-refractivity contribution in [3.63, 3.8) is 0 Å². The molecule has 0 fully saturated rings. The van der Waals surface area contributed by atoms with Crippen LogP contribution < -0.4 is 5.32 Å². The monoisotopic (exact) mass is 221 g/mol. The minimum atomic E-state index is -0.273. The van der Waals surface area contributed by atoms with Crippen molar-refractivity contribution < 1.29 is 9.53 Å². The quantitative estimate of drug-likeness (QED) is 0.790. The summed E-state index contributed by atoms with van der Waals surface area (Å²) in [5.74, 6) is -0.231. The van der Waals surface area contributed by atoms with Crippen LogP contribution in [0.25, 0.3) is 0 Å². The van der Waals surface area contributed by atoms with Crippen molar-refractivity contribution in [2.45, 2.75) is 33.4 Å². The van der Waals surface area contributed by atoms with E-state index in [2.05, 4.69) is 36.0 Å². The smallest absolute Gasteiger partial charge is 0.322 e. The number of esters is 1. The van der Waals surface area contributed by atoms with Crippen molar-refractivity contribution in [1.29, 1.82) is 0 Å². The molecule has 1 aromatic rings. The van der Waals surface area contributed by atoms with Gasteiger partial charge in [-0.2, -0.15) is 0 Å². The van der Waals surface area contributed by atoms with Gasteiger partial charge in [0.2, 0.25) is 0 Å². The minimum Gasteiger partial charge on any atom is -0.468 e. The molecule has 0 spiro atoms. The predicted octanol–water partition coefficient (Wildman–Crippen LogP) is 1.95. The van der Waals surface area contributed by atoms with E-state index in [-0.39, 0.29) is 12.0 Å². The van der Waals surface area contributed by atoms with Gasteiger partial charge in [0.25, 0.3) is 0 Å². The van der Waals surface area contributed by atoms with Gasteiger partial charge in [-0.25, -0.2) is 0 Å². The zero-order chi connectivity index (χ0) is 12.1. The van der Waals surface area contributed by atoms with Crippen molar-refractivity contribution in [3.05, 3.63) is 34.9 Å². The molecule has 0 aliphatic carbocycles. The summed E-state index contributed by atoms with van der Waals surface area (Å²) in [6.07, 6.45) is 0. The number of carbonyl (C=O) groups is 1. The standard InChI is InChI=1S/C13H19NO2/c1-9-6-5-7-12(10(9)2)8-14-11(3)13(15)16-4/h5-7,11,14H,8H2,1-4H3. The Kier molecular flexibility index (Phi) is 4.50. The van der Waals surface area contributed by atoms with Gasteiger partial charge in [0.05, 0.1) is 7.11 Å². The molecule has 0 bridgehead atoms. The van der Waals surface area contributed by atoms with Gasteiger partial charge in [-0.15, -0.1) is 0 Å². The predicted molar refractivity (Wildman–Crippen MR) is 64.2 cm³/mol. The Labute approximate surface area is 96.8 Å². The Morgan fingerprint density at radius 1 is 1.44 bits per heavy atom. The maximum Gasteiger partial charge on any atom is 0.322 e. The minimum absolute atomic E-state index is 0.231. The molecule has 1 N–H and O–H groups in total. The molecule has 0 aliphatic rings. The van der Waals surface area contributed by atoms with Crippen LogP contribution in [0.4, 0.5) is 0 Å². The van der Waals surface area contributed by atoms with E-state index in [1.54, 1.807) is 6.92 Å². The highest BCUT2D eigenvalue weighted by Crippen LogP contribution is 2.12. The number of hydrogen-bond donors (Lipinski definition) is 1. The molecule has 0 saturated carbocycles. The number of rotatable bonds is 4. The summed E-state index contributed by atoms with van der Waals surface area (Å²) in [6, 6.07) is 5.91. The van der Waals surface area contributed by atoms with Crippen LogP contribution in [0.1, 0.15) is 23.6 Å². The van der Waals surface area contributed by atoms with E-state index in [4.69, 9.17) is 0 Å². The van der Waals surface area contributed by atoms with Crippen LogP contribution in [0.2, 0.25) is 0 Å². The summed E-state index contributed by atoms with van der Waals surface area (Å²) in [7, 11) is 1.40. The Morgan fingerprint density at radius 3 is 2.75 bits per heavy atom. The number of methoxy groups -OCH3 is 1. The number of benzene rings is 1. The second-order valence-electron chi connectivity index (χ2n) is 3.98. The van der Waals surface area contributed by atoms with Crippen LogP contribution in [0.15, 0.2) is 18.2 Å². The molecule has 88 valence electrons. The molecular formula is C13H19NO2. The normalized spacial score (nSPS) is 12.2. The number of aryl methyl sites for hydroxylation is 1. The Bertz CT molecular complexity index is 374. The van der Waals surface area contributed by atoms with Crippen molar-refractivity contribution in [1.82, 2.24) is 5.32 Å². The van der Waals surface area contributed by atoms with E-state index in [1.807, 2.05) is 6.07 Å². The number of ether oxygens (including phenoxy) is 1. The molecule has 0 aliphatic heterocycles. The van der Waals surface area contributed by atoms with Crippen LogP contribution in [-0.2, 0) is 16.1 Å². The number of hydrogen-bond acceptors (Lipinski definition) is 3. The van der Waals surface area contributed by atoms with Gasteiger partial charge >= 0.3 is 5.97 Å². The lowest BCUT2D eigenvalue weighted by molar-refractivity contribution is -0.142. The van der Waals surface area contributed by atoms with Crippen molar-refractivity contribution in [2.75, 3.05) is 7.11 Å². The molecular weight excluding hydrogens is 202 g/mol. The SMILES string of the molecule is COC(=O)C(C)NCc1cccc(C)c1C. The third-order valence-corrected chi connectivity index (χ3v) is 2.87. The molecule has 1 unspecified atom stereocenters. The number of nitrogens with one attached hydrogen (secondary N) is 1. The van der Waals surface area contributed by atoms with E-state index in [9.17, 15) is 4.79 Å².